The van der Waals surface area contributed by atoms with Crippen LogP contribution < -0.4 is 4.74 Å². The van der Waals surface area contributed by atoms with Crippen LogP contribution in [0, 0.1) is 6.92 Å². The monoisotopic (exact) mass is 324 g/mol. The summed E-state index contributed by atoms with van der Waals surface area (Å²) in [5, 5.41) is 8.50. The molecule has 0 N–H and O–H groups in total. The number of nitrogens with zero attached hydrogens (tertiary/aromatic N) is 2. The van der Waals surface area contributed by atoms with Gasteiger partial charge in [0.1, 0.15) is 5.75 Å². The molecule has 0 heterocycles. The molecule has 0 saturated heterocycles. The van der Waals surface area contributed by atoms with Gasteiger partial charge in [-0.1, -0.05) is 56.7 Å². The van der Waals surface area contributed by atoms with Crippen LogP contribution in [-0.2, 0) is 0 Å². The average Bonchev–Trinajstić information content (AvgIpc) is 2.61. The number of rotatable bonds is 10. The third kappa shape index (κ3) is 6.95. The van der Waals surface area contributed by atoms with Gasteiger partial charge in [-0.05, 0) is 49.7 Å². The summed E-state index contributed by atoms with van der Waals surface area (Å²) in [7, 11) is 0. The summed E-state index contributed by atoms with van der Waals surface area (Å²) in [6.07, 6.45) is 7.68. The van der Waals surface area contributed by atoms with Gasteiger partial charge < -0.3 is 4.74 Å². The van der Waals surface area contributed by atoms with E-state index in [0.29, 0.717) is 0 Å². The van der Waals surface area contributed by atoms with Crippen LogP contribution in [-0.4, -0.2) is 6.61 Å². The molecule has 0 radical (unpaired) electrons. The van der Waals surface area contributed by atoms with E-state index >= 15 is 0 Å². The topological polar surface area (TPSA) is 34.0 Å². The van der Waals surface area contributed by atoms with Crippen LogP contribution in [0.3, 0.4) is 0 Å². The van der Waals surface area contributed by atoms with Gasteiger partial charge in [0.15, 0.2) is 0 Å². The van der Waals surface area contributed by atoms with Gasteiger partial charge in [-0.25, -0.2) is 0 Å². The SMILES string of the molecule is CCCCCCCCOc1ccc(N=Nc2ccc(C)cc2)cc1. The number of hydrogen-bond donors (Lipinski definition) is 0. The van der Waals surface area contributed by atoms with Crippen molar-refractivity contribution in [3.8, 4) is 5.75 Å². The quantitative estimate of drug-likeness (QED) is 0.337. The Hall–Kier alpha value is -2.16. The second-order valence-electron chi connectivity index (χ2n) is 6.15. The molecule has 0 unspecified atom stereocenters. The van der Waals surface area contributed by atoms with Gasteiger partial charge in [0.05, 0.1) is 18.0 Å². The zero-order valence-corrected chi connectivity index (χ0v) is 14.9. The predicted molar refractivity (Wildman–Crippen MR) is 101 cm³/mol. The second-order valence-corrected chi connectivity index (χ2v) is 6.15. The van der Waals surface area contributed by atoms with Crippen molar-refractivity contribution >= 4 is 11.4 Å². The Labute approximate surface area is 145 Å². The number of unbranched alkanes of at least 4 members (excludes halogenated alkanes) is 5. The zero-order valence-electron chi connectivity index (χ0n) is 14.9. The Morgan fingerprint density at radius 3 is 1.88 bits per heavy atom. The molecule has 0 fully saturated rings. The van der Waals surface area contributed by atoms with Crippen molar-refractivity contribution in [1.29, 1.82) is 0 Å². The van der Waals surface area contributed by atoms with E-state index in [1.165, 1.54) is 37.7 Å². The van der Waals surface area contributed by atoms with Gasteiger partial charge in [-0.2, -0.15) is 10.2 Å². The van der Waals surface area contributed by atoms with Gasteiger partial charge in [0, 0.05) is 0 Å². The van der Waals surface area contributed by atoms with Gasteiger partial charge >= 0.3 is 0 Å². The minimum atomic E-state index is 0.788. The molecule has 3 nitrogen and oxygen atoms in total. The molecule has 3 heteroatoms. The maximum absolute atomic E-state index is 5.77. The summed E-state index contributed by atoms with van der Waals surface area (Å²) >= 11 is 0. The van der Waals surface area contributed by atoms with Crippen LogP contribution in [0.4, 0.5) is 11.4 Å². The highest BCUT2D eigenvalue weighted by atomic mass is 16.5. The van der Waals surface area contributed by atoms with Crippen LogP contribution in [0.5, 0.6) is 5.75 Å². The number of ether oxygens (including phenoxy) is 1. The van der Waals surface area contributed by atoms with Crippen molar-refractivity contribution in [3.05, 3.63) is 54.1 Å². The molecule has 0 amide bonds. The standard InChI is InChI=1S/C21H28N2O/c1-3-4-5-6-7-8-17-24-21-15-13-20(14-16-21)23-22-19-11-9-18(2)10-12-19/h9-16H,3-8,17H2,1-2H3. The lowest BCUT2D eigenvalue weighted by Crippen LogP contribution is -1.96. The molecule has 2 aromatic rings. The Kier molecular flexibility index (Phi) is 8.02. The van der Waals surface area contributed by atoms with Crippen LogP contribution in [0.1, 0.15) is 51.0 Å². The molecule has 0 saturated carbocycles. The molecule has 128 valence electrons. The molecule has 0 bridgehead atoms. The van der Waals surface area contributed by atoms with E-state index in [0.717, 1.165) is 30.2 Å². The molecule has 0 aliphatic heterocycles. The van der Waals surface area contributed by atoms with Gasteiger partial charge in [0.2, 0.25) is 0 Å². The Morgan fingerprint density at radius 1 is 0.708 bits per heavy atom. The van der Waals surface area contributed by atoms with Gasteiger partial charge in [-0.3, -0.25) is 0 Å². The molecular formula is C21H28N2O. The predicted octanol–water partition coefficient (Wildman–Crippen LogP) is 7.15. The minimum Gasteiger partial charge on any atom is -0.494 e. The molecule has 0 aliphatic carbocycles. The van der Waals surface area contributed by atoms with Gasteiger partial charge in [0.25, 0.3) is 0 Å². The molecule has 2 aromatic carbocycles. The summed E-state index contributed by atoms with van der Waals surface area (Å²) in [5.74, 6) is 0.901. The summed E-state index contributed by atoms with van der Waals surface area (Å²) in [4.78, 5) is 0. The zero-order chi connectivity index (χ0) is 17.0. The van der Waals surface area contributed by atoms with E-state index in [1.54, 1.807) is 0 Å². The van der Waals surface area contributed by atoms with Gasteiger partial charge in [-0.15, -0.1) is 0 Å². The third-order valence-corrected chi connectivity index (χ3v) is 3.92. The maximum atomic E-state index is 5.77. The molecule has 24 heavy (non-hydrogen) atoms. The number of benzene rings is 2. The molecule has 0 aromatic heterocycles. The van der Waals surface area contributed by atoms with Crippen LogP contribution >= 0.6 is 0 Å². The fourth-order valence-corrected chi connectivity index (χ4v) is 2.41. The average molecular weight is 324 g/mol. The highest BCUT2D eigenvalue weighted by Gasteiger charge is 1.96. The molecule has 0 spiro atoms. The molecule has 0 atom stereocenters. The van der Waals surface area contributed by atoms with E-state index in [4.69, 9.17) is 4.74 Å². The minimum absolute atomic E-state index is 0.788. The molecule has 0 aliphatic rings. The van der Waals surface area contributed by atoms with Crippen molar-refractivity contribution in [2.75, 3.05) is 6.61 Å². The molecular weight excluding hydrogens is 296 g/mol. The summed E-state index contributed by atoms with van der Waals surface area (Å²) in [6.45, 7) is 5.09. The maximum Gasteiger partial charge on any atom is 0.119 e. The fraction of sp³-hybridized carbons (Fsp3) is 0.429. The van der Waals surface area contributed by atoms with E-state index in [9.17, 15) is 0 Å². The van der Waals surface area contributed by atoms with E-state index in [1.807, 2.05) is 48.5 Å². The van der Waals surface area contributed by atoms with Crippen LogP contribution in [0.25, 0.3) is 0 Å². The van der Waals surface area contributed by atoms with Crippen LogP contribution in [0.15, 0.2) is 58.8 Å². The first-order valence-corrected chi connectivity index (χ1v) is 8.99. The second kappa shape index (κ2) is 10.6. The smallest absolute Gasteiger partial charge is 0.119 e. The fourth-order valence-electron chi connectivity index (χ4n) is 2.41. The number of aryl methyl sites for hydroxylation is 1. The lowest BCUT2D eigenvalue weighted by Gasteiger charge is -2.06. The summed E-state index contributed by atoms with van der Waals surface area (Å²) < 4.78 is 5.77. The Bertz CT molecular complexity index is 603. The lowest BCUT2D eigenvalue weighted by molar-refractivity contribution is 0.304. The van der Waals surface area contributed by atoms with Crippen molar-refractivity contribution in [2.45, 2.75) is 52.4 Å². The van der Waals surface area contributed by atoms with Crippen molar-refractivity contribution in [2.24, 2.45) is 10.2 Å². The summed E-state index contributed by atoms with van der Waals surface area (Å²) in [5.41, 5.74) is 2.92. The molecule has 2 rings (SSSR count). The normalized spacial score (nSPS) is 11.1. The Morgan fingerprint density at radius 2 is 1.25 bits per heavy atom. The van der Waals surface area contributed by atoms with Crippen molar-refractivity contribution in [3.63, 3.8) is 0 Å². The first-order valence-electron chi connectivity index (χ1n) is 8.99. The largest absolute Gasteiger partial charge is 0.494 e. The van der Waals surface area contributed by atoms with Crippen molar-refractivity contribution in [1.82, 2.24) is 0 Å². The highest BCUT2D eigenvalue weighted by molar-refractivity contribution is 5.43. The third-order valence-electron chi connectivity index (χ3n) is 3.92. The first kappa shape index (κ1) is 18.2. The first-order chi connectivity index (χ1) is 11.8. The van der Waals surface area contributed by atoms with Crippen LogP contribution in [0.2, 0.25) is 0 Å². The van der Waals surface area contributed by atoms with Crippen molar-refractivity contribution < 1.29 is 4.74 Å². The summed E-state index contributed by atoms with van der Waals surface area (Å²) in [6, 6.07) is 15.8. The lowest BCUT2D eigenvalue weighted by atomic mass is 10.1. The number of azo groups is 1. The van der Waals surface area contributed by atoms with E-state index in [2.05, 4.69) is 24.1 Å². The van der Waals surface area contributed by atoms with E-state index < -0.39 is 0 Å². The number of hydrogen-bond acceptors (Lipinski definition) is 3. The Balaban J connectivity index is 1.71. The van der Waals surface area contributed by atoms with E-state index in [-0.39, 0.29) is 0 Å². The highest BCUT2D eigenvalue weighted by Crippen LogP contribution is 2.21.